The van der Waals surface area contributed by atoms with E-state index in [-0.39, 0.29) is 11.8 Å². The zero-order valence-corrected chi connectivity index (χ0v) is 18.0. The van der Waals surface area contributed by atoms with Crippen molar-refractivity contribution in [1.29, 1.82) is 0 Å². The molecule has 4 nitrogen and oxygen atoms in total. The van der Waals surface area contributed by atoms with E-state index in [0.29, 0.717) is 23.5 Å². The van der Waals surface area contributed by atoms with Gasteiger partial charge in [-0.2, -0.15) is 0 Å². The molecule has 0 atom stereocenters. The molecule has 0 fully saturated rings. The predicted octanol–water partition coefficient (Wildman–Crippen LogP) is 5.10. The van der Waals surface area contributed by atoms with Gasteiger partial charge in [0.1, 0.15) is 5.70 Å². The Bertz CT molecular complexity index is 1210. The van der Waals surface area contributed by atoms with Gasteiger partial charge in [0.15, 0.2) is 0 Å². The highest BCUT2D eigenvalue weighted by Gasteiger charge is 2.44. The molecule has 0 N–H and O–H groups in total. The Balaban J connectivity index is 1.69. The lowest BCUT2D eigenvalue weighted by Gasteiger charge is -2.22. The molecule has 0 bridgehead atoms. The highest BCUT2D eigenvalue weighted by Crippen LogP contribution is 2.40. The smallest absolute Gasteiger partial charge is 0.282 e. The van der Waals surface area contributed by atoms with E-state index in [1.807, 2.05) is 66.4 Å². The topological polar surface area (TPSA) is 40.6 Å². The van der Waals surface area contributed by atoms with E-state index in [0.717, 1.165) is 27.7 Å². The Kier molecular flexibility index (Phi) is 4.55. The molecule has 0 spiro atoms. The zero-order valence-electron chi connectivity index (χ0n) is 16.4. The van der Waals surface area contributed by atoms with Crippen LogP contribution in [0.4, 0.5) is 11.4 Å². The van der Waals surface area contributed by atoms with Crippen molar-refractivity contribution in [1.82, 2.24) is 0 Å². The van der Waals surface area contributed by atoms with Crippen LogP contribution in [0.25, 0.3) is 5.57 Å². The number of anilines is 2. The lowest BCUT2D eigenvalue weighted by molar-refractivity contribution is -0.120. The van der Waals surface area contributed by atoms with Gasteiger partial charge in [0.25, 0.3) is 11.8 Å². The SMILES string of the molecule is Cc1ccc(C2=C(N3CCc4ccccc43)C(=O)N(c3cccc(Br)c3)C2=O)cc1. The number of imide groups is 1. The summed E-state index contributed by atoms with van der Waals surface area (Å²) in [6.07, 6.45) is 0.846. The third-order valence-electron chi connectivity index (χ3n) is 5.62. The number of nitrogens with zero attached hydrogens (tertiary/aromatic N) is 2. The van der Waals surface area contributed by atoms with E-state index >= 15 is 0 Å². The summed E-state index contributed by atoms with van der Waals surface area (Å²) in [7, 11) is 0. The van der Waals surface area contributed by atoms with Gasteiger partial charge in [-0.3, -0.25) is 9.59 Å². The lowest BCUT2D eigenvalue weighted by Crippen LogP contribution is -2.34. The van der Waals surface area contributed by atoms with Gasteiger partial charge in [-0.15, -0.1) is 0 Å². The number of hydrogen-bond acceptors (Lipinski definition) is 3. The Morgan fingerprint density at radius 2 is 1.63 bits per heavy atom. The first-order chi connectivity index (χ1) is 14.5. The number of halogens is 1. The van der Waals surface area contributed by atoms with Gasteiger partial charge in [-0.25, -0.2) is 4.90 Å². The van der Waals surface area contributed by atoms with Crippen LogP contribution >= 0.6 is 15.9 Å². The summed E-state index contributed by atoms with van der Waals surface area (Å²) in [5.41, 5.74) is 5.52. The van der Waals surface area contributed by atoms with E-state index < -0.39 is 0 Å². The third-order valence-corrected chi connectivity index (χ3v) is 6.12. The maximum Gasteiger partial charge on any atom is 0.282 e. The molecule has 0 aromatic heterocycles. The van der Waals surface area contributed by atoms with Gasteiger partial charge in [0.05, 0.1) is 11.3 Å². The second kappa shape index (κ2) is 7.26. The first-order valence-corrected chi connectivity index (χ1v) is 10.6. The third kappa shape index (κ3) is 2.97. The maximum atomic E-state index is 13.7. The molecule has 30 heavy (non-hydrogen) atoms. The monoisotopic (exact) mass is 458 g/mol. The molecule has 0 aliphatic carbocycles. The summed E-state index contributed by atoms with van der Waals surface area (Å²) in [6.45, 7) is 2.68. The summed E-state index contributed by atoms with van der Waals surface area (Å²) in [5.74, 6) is -0.577. The van der Waals surface area contributed by atoms with Crippen LogP contribution in [0.3, 0.4) is 0 Å². The van der Waals surface area contributed by atoms with Crippen molar-refractivity contribution in [3.63, 3.8) is 0 Å². The van der Waals surface area contributed by atoms with Gasteiger partial charge < -0.3 is 4.90 Å². The molecule has 0 saturated carbocycles. The van der Waals surface area contributed by atoms with Crippen molar-refractivity contribution >= 4 is 44.7 Å². The number of rotatable bonds is 3. The lowest BCUT2D eigenvalue weighted by atomic mass is 10.0. The quantitative estimate of drug-likeness (QED) is 0.512. The summed E-state index contributed by atoms with van der Waals surface area (Å²) < 4.78 is 0.817. The van der Waals surface area contributed by atoms with Gasteiger partial charge in [0.2, 0.25) is 0 Å². The van der Waals surface area contributed by atoms with Gasteiger partial charge in [-0.05, 0) is 48.7 Å². The number of aryl methyl sites for hydroxylation is 1. The first kappa shape index (κ1) is 18.8. The number of benzene rings is 3. The van der Waals surface area contributed by atoms with E-state index in [2.05, 4.69) is 22.0 Å². The minimum absolute atomic E-state index is 0.287. The van der Waals surface area contributed by atoms with Gasteiger partial charge in [-0.1, -0.05) is 70.0 Å². The number of carbonyl (C=O) groups is 2. The Morgan fingerprint density at radius 1 is 0.867 bits per heavy atom. The molecule has 0 saturated heterocycles. The molecule has 2 heterocycles. The maximum absolute atomic E-state index is 13.7. The fourth-order valence-electron chi connectivity index (χ4n) is 4.17. The summed E-state index contributed by atoms with van der Waals surface area (Å²) >= 11 is 3.45. The number of fused-ring (bicyclic) bond motifs is 1. The second-order valence-corrected chi connectivity index (χ2v) is 8.46. The average molecular weight is 459 g/mol. The molecular weight excluding hydrogens is 440 g/mol. The second-order valence-electron chi connectivity index (χ2n) is 7.55. The summed E-state index contributed by atoms with van der Waals surface area (Å²) in [5, 5.41) is 0. The van der Waals surface area contributed by atoms with Crippen molar-refractivity contribution < 1.29 is 9.59 Å². The molecule has 5 rings (SSSR count). The number of amides is 2. The van der Waals surface area contributed by atoms with Crippen LogP contribution in [0.15, 0.2) is 83.0 Å². The van der Waals surface area contributed by atoms with Crippen LogP contribution in [0.5, 0.6) is 0 Å². The number of hydrogen-bond donors (Lipinski definition) is 0. The first-order valence-electron chi connectivity index (χ1n) is 9.86. The van der Waals surface area contributed by atoms with Crippen LogP contribution in [-0.2, 0) is 16.0 Å². The summed E-state index contributed by atoms with van der Waals surface area (Å²) in [4.78, 5) is 30.6. The highest BCUT2D eigenvalue weighted by molar-refractivity contribution is 9.10. The van der Waals surface area contributed by atoms with Crippen molar-refractivity contribution in [3.05, 3.63) is 99.7 Å². The molecule has 0 unspecified atom stereocenters. The van der Waals surface area contributed by atoms with Crippen LogP contribution < -0.4 is 9.80 Å². The van der Waals surface area contributed by atoms with Crippen LogP contribution in [-0.4, -0.2) is 18.4 Å². The Morgan fingerprint density at radius 3 is 2.40 bits per heavy atom. The predicted molar refractivity (Wildman–Crippen MR) is 122 cm³/mol. The standard InChI is InChI=1S/C25H19BrN2O2/c1-16-9-11-18(12-10-16)22-23(27-14-13-17-5-2-3-8-21(17)27)25(30)28(24(22)29)20-7-4-6-19(26)15-20/h2-12,15H,13-14H2,1H3. The highest BCUT2D eigenvalue weighted by atomic mass is 79.9. The molecule has 148 valence electrons. The van der Waals surface area contributed by atoms with E-state index in [1.165, 1.54) is 10.5 Å². The van der Waals surface area contributed by atoms with E-state index in [4.69, 9.17) is 0 Å². The van der Waals surface area contributed by atoms with Crippen molar-refractivity contribution in [2.45, 2.75) is 13.3 Å². The number of para-hydroxylation sites is 1. The molecular formula is C25H19BrN2O2. The van der Waals surface area contributed by atoms with Crippen molar-refractivity contribution in [2.75, 3.05) is 16.3 Å². The van der Waals surface area contributed by atoms with Crippen LogP contribution in [0, 0.1) is 6.92 Å². The fourth-order valence-corrected chi connectivity index (χ4v) is 4.56. The Hall–Kier alpha value is -3.18. The van der Waals surface area contributed by atoms with Crippen molar-refractivity contribution in [2.24, 2.45) is 0 Å². The van der Waals surface area contributed by atoms with E-state index in [1.54, 1.807) is 12.1 Å². The molecule has 3 aromatic carbocycles. The molecule has 0 radical (unpaired) electrons. The van der Waals surface area contributed by atoms with Gasteiger partial charge in [0, 0.05) is 16.7 Å². The zero-order chi connectivity index (χ0) is 20.8. The largest absolute Gasteiger partial charge is 0.336 e. The van der Waals surface area contributed by atoms with Crippen LogP contribution in [0.2, 0.25) is 0 Å². The van der Waals surface area contributed by atoms with Gasteiger partial charge >= 0.3 is 0 Å². The summed E-state index contributed by atoms with van der Waals surface area (Å²) in [6, 6.07) is 23.1. The Labute approximate surface area is 183 Å². The molecule has 2 aliphatic heterocycles. The fraction of sp³-hybridized carbons (Fsp3) is 0.120. The average Bonchev–Trinajstić information content (AvgIpc) is 3.27. The van der Waals surface area contributed by atoms with E-state index in [9.17, 15) is 9.59 Å². The molecule has 2 amide bonds. The number of carbonyl (C=O) groups excluding carboxylic acids is 2. The minimum atomic E-state index is -0.290. The molecule has 5 heteroatoms. The minimum Gasteiger partial charge on any atom is -0.336 e. The normalized spacial score (nSPS) is 15.9. The van der Waals surface area contributed by atoms with Crippen molar-refractivity contribution in [3.8, 4) is 0 Å². The molecule has 3 aromatic rings. The molecule has 2 aliphatic rings. The van der Waals surface area contributed by atoms with Crippen LogP contribution in [0.1, 0.15) is 16.7 Å².